The second kappa shape index (κ2) is 7.04. The summed E-state index contributed by atoms with van der Waals surface area (Å²) < 4.78 is 11.7. The molecule has 0 N–H and O–H groups in total. The maximum atomic E-state index is 11.7. The summed E-state index contributed by atoms with van der Waals surface area (Å²) in [6, 6.07) is 0. The van der Waals surface area contributed by atoms with Crippen molar-refractivity contribution in [2.75, 3.05) is 6.67 Å². The van der Waals surface area contributed by atoms with Gasteiger partial charge in [-0.25, -0.2) is 0 Å². The van der Waals surface area contributed by atoms with Crippen LogP contribution in [0.5, 0.6) is 0 Å². The van der Waals surface area contributed by atoms with Crippen molar-refractivity contribution in [3.63, 3.8) is 0 Å². The summed E-state index contributed by atoms with van der Waals surface area (Å²) in [4.78, 5) is 0. The van der Waals surface area contributed by atoms with Crippen LogP contribution in [0.1, 0.15) is 46.0 Å². The summed E-state index contributed by atoms with van der Waals surface area (Å²) in [5, 5.41) is 0. The van der Waals surface area contributed by atoms with Gasteiger partial charge in [-0.15, -0.1) is 0 Å². The van der Waals surface area contributed by atoms with Gasteiger partial charge in [-0.1, -0.05) is 39.5 Å². The molecule has 0 aliphatic heterocycles. The lowest BCUT2D eigenvalue weighted by molar-refractivity contribution is 0.399. The van der Waals surface area contributed by atoms with Gasteiger partial charge in [0.05, 0.1) is 6.67 Å². The molecule has 0 bridgehead atoms. The van der Waals surface area contributed by atoms with E-state index in [0.717, 1.165) is 18.8 Å². The van der Waals surface area contributed by atoms with Gasteiger partial charge in [0.25, 0.3) is 0 Å². The predicted molar refractivity (Wildman–Crippen MR) is 43.9 cm³/mol. The molecule has 0 rings (SSSR count). The van der Waals surface area contributed by atoms with E-state index in [4.69, 9.17) is 0 Å². The fourth-order valence-electron chi connectivity index (χ4n) is 1.22. The average molecular weight is 146 g/mol. The van der Waals surface area contributed by atoms with Crippen molar-refractivity contribution in [2.45, 2.75) is 46.0 Å². The first-order valence-electron chi connectivity index (χ1n) is 4.41. The first-order chi connectivity index (χ1) is 4.85. The molecule has 0 heterocycles. The Bertz CT molecular complexity index is 57.7. The van der Waals surface area contributed by atoms with Gasteiger partial charge in [0.15, 0.2) is 0 Å². The molecule has 0 nitrogen and oxygen atoms in total. The molecule has 0 spiro atoms. The fourth-order valence-corrected chi connectivity index (χ4v) is 1.22. The monoisotopic (exact) mass is 146 g/mol. The quantitative estimate of drug-likeness (QED) is 0.502. The molecule has 0 aromatic rings. The van der Waals surface area contributed by atoms with Crippen molar-refractivity contribution in [3.05, 3.63) is 0 Å². The summed E-state index contributed by atoms with van der Waals surface area (Å²) >= 11 is 0. The minimum atomic E-state index is -0.139. The van der Waals surface area contributed by atoms with Gasteiger partial charge < -0.3 is 0 Å². The van der Waals surface area contributed by atoms with Crippen LogP contribution >= 0.6 is 0 Å². The summed E-state index contributed by atoms with van der Waals surface area (Å²) in [7, 11) is 0. The molecule has 0 aliphatic carbocycles. The zero-order valence-electron chi connectivity index (χ0n) is 7.20. The molecule has 0 saturated carbocycles. The van der Waals surface area contributed by atoms with Crippen molar-refractivity contribution < 1.29 is 4.39 Å². The van der Waals surface area contributed by atoms with Crippen LogP contribution in [0.4, 0.5) is 4.39 Å². The number of rotatable bonds is 6. The molecule has 0 unspecified atom stereocenters. The lowest BCUT2D eigenvalue weighted by atomic mass is 9.97. The molecule has 0 saturated heterocycles. The molecule has 0 atom stereocenters. The van der Waals surface area contributed by atoms with Crippen LogP contribution in [0.25, 0.3) is 0 Å². The van der Waals surface area contributed by atoms with E-state index in [9.17, 15) is 4.39 Å². The normalized spacial score (nSPS) is 10.8. The molecule has 10 heavy (non-hydrogen) atoms. The van der Waals surface area contributed by atoms with E-state index in [1.165, 1.54) is 19.3 Å². The second-order valence-corrected chi connectivity index (χ2v) is 2.87. The Morgan fingerprint density at radius 1 is 1.10 bits per heavy atom. The van der Waals surface area contributed by atoms with Gasteiger partial charge in [-0.05, 0) is 12.3 Å². The molecule has 0 radical (unpaired) electrons. The SMILES string of the molecule is CCC(CC)CCCCF. The third-order valence-corrected chi connectivity index (χ3v) is 2.15. The Morgan fingerprint density at radius 3 is 2.10 bits per heavy atom. The fraction of sp³-hybridized carbons (Fsp3) is 1.00. The molecule has 1 heteroatoms. The van der Waals surface area contributed by atoms with Crippen LogP contribution in [-0.2, 0) is 0 Å². The molecule has 0 aliphatic rings. The van der Waals surface area contributed by atoms with Crippen molar-refractivity contribution in [1.82, 2.24) is 0 Å². The van der Waals surface area contributed by atoms with Gasteiger partial charge in [-0.3, -0.25) is 4.39 Å². The van der Waals surface area contributed by atoms with Crippen LogP contribution in [-0.4, -0.2) is 6.67 Å². The van der Waals surface area contributed by atoms with Gasteiger partial charge in [0.2, 0.25) is 0 Å². The van der Waals surface area contributed by atoms with E-state index >= 15 is 0 Å². The zero-order valence-corrected chi connectivity index (χ0v) is 7.20. The Labute approximate surface area is 63.8 Å². The minimum absolute atomic E-state index is 0.139. The van der Waals surface area contributed by atoms with E-state index in [2.05, 4.69) is 13.8 Å². The smallest absolute Gasteiger partial charge is 0.0894 e. The van der Waals surface area contributed by atoms with Crippen LogP contribution < -0.4 is 0 Å². The van der Waals surface area contributed by atoms with Crippen molar-refractivity contribution in [1.29, 1.82) is 0 Å². The van der Waals surface area contributed by atoms with Crippen molar-refractivity contribution in [2.24, 2.45) is 5.92 Å². The van der Waals surface area contributed by atoms with Crippen LogP contribution in [0.15, 0.2) is 0 Å². The number of alkyl halides is 1. The maximum Gasteiger partial charge on any atom is 0.0894 e. The summed E-state index contributed by atoms with van der Waals surface area (Å²) in [5.74, 6) is 0.839. The van der Waals surface area contributed by atoms with Crippen molar-refractivity contribution >= 4 is 0 Å². The van der Waals surface area contributed by atoms with Crippen LogP contribution in [0.3, 0.4) is 0 Å². The van der Waals surface area contributed by atoms with E-state index in [1.54, 1.807) is 0 Å². The third kappa shape index (κ3) is 4.78. The van der Waals surface area contributed by atoms with Gasteiger partial charge in [-0.2, -0.15) is 0 Å². The van der Waals surface area contributed by atoms with Crippen LogP contribution in [0.2, 0.25) is 0 Å². The largest absolute Gasteiger partial charge is 0.251 e. The van der Waals surface area contributed by atoms with E-state index in [-0.39, 0.29) is 6.67 Å². The van der Waals surface area contributed by atoms with Crippen LogP contribution in [0, 0.1) is 5.92 Å². The predicted octanol–water partition coefficient (Wildman–Crippen LogP) is 3.56. The molecule has 0 amide bonds. The maximum absolute atomic E-state index is 11.7. The molecule has 0 fully saturated rings. The second-order valence-electron chi connectivity index (χ2n) is 2.87. The molecule has 62 valence electrons. The molecule has 0 aromatic heterocycles. The standard InChI is InChI=1S/C9H19F/c1-3-9(4-2)7-5-6-8-10/h9H,3-8H2,1-2H3. The first-order valence-corrected chi connectivity index (χ1v) is 4.41. The summed E-state index contributed by atoms with van der Waals surface area (Å²) in [6.07, 6.45) is 5.56. The highest BCUT2D eigenvalue weighted by atomic mass is 19.1. The molecular formula is C9H19F. The average Bonchev–Trinajstić information content (AvgIpc) is 1.99. The minimum Gasteiger partial charge on any atom is -0.251 e. The number of halogens is 1. The van der Waals surface area contributed by atoms with E-state index in [1.807, 2.05) is 0 Å². The van der Waals surface area contributed by atoms with Gasteiger partial charge >= 0.3 is 0 Å². The molecular weight excluding hydrogens is 127 g/mol. The lowest BCUT2D eigenvalue weighted by Gasteiger charge is -2.09. The third-order valence-electron chi connectivity index (χ3n) is 2.15. The lowest BCUT2D eigenvalue weighted by Crippen LogP contribution is -1.96. The van der Waals surface area contributed by atoms with E-state index in [0.29, 0.717) is 0 Å². The number of unbranched alkanes of at least 4 members (excludes halogenated alkanes) is 1. The Kier molecular flexibility index (Phi) is 6.99. The number of hydrogen-bond acceptors (Lipinski definition) is 0. The Balaban J connectivity index is 3.09. The van der Waals surface area contributed by atoms with E-state index < -0.39 is 0 Å². The van der Waals surface area contributed by atoms with Crippen molar-refractivity contribution in [3.8, 4) is 0 Å². The first kappa shape index (κ1) is 9.93. The summed E-state index contributed by atoms with van der Waals surface area (Å²) in [5.41, 5.74) is 0. The Morgan fingerprint density at radius 2 is 1.70 bits per heavy atom. The molecule has 0 aromatic carbocycles. The van der Waals surface area contributed by atoms with Gasteiger partial charge in [0, 0.05) is 0 Å². The number of hydrogen-bond donors (Lipinski definition) is 0. The zero-order chi connectivity index (χ0) is 7.82. The highest BCUT2D eigenvalue weighted by Crippen LogP contribution is 2.15. The topological polar surface area (TPSA) is 0 Å². The highest BCUT2D eigenvalue weighted by Gasteiger charge is 2.01. The van der Waals surface area contributed by atoms with Gasteiger partial charge in [0.1, 0.15) is 0 Å². The summed E-state index contributed by atoms with van der Waals surface area (Å²) in [6.45, 7) is 4.29. The Hall–Kier alpha value is -0.0700. The highest BCUT2D eigenvalue weighted by molar-refractivity contribution is 4.54.